The molecule has 0 saturated heterocycles. The zero-order valence-corrected chi connectivity index (χ0v) is 19.5. The molecule has 1 unspecified atom stereocenters. The number of nitrogens with one attached hydrogen (secondary N) is 1. The monoisotopic (exact) mass is 443 g/mol. The van der Waals surface area contributed by atoms with Crippen molar-refractivity contribution in [3.05, 3.63) is 41.0 Å². The molecule has 0 spiro atoms. The number of nitrogens with two attached hydrogens (primary N) is 1. The first-order valence-electron chi connectivity index (χ1n) is 10.7. The number of methoxy groups -OCH3 is 4. The molecule has 1 aliphatic heterocycles. The third-order valence-electron chi connectivity index (χ3n) is 6.02. The maximum Gasteiger partial charge on any atom is 0.253 e. The van der Waals surface area contributed by atoms with Gasteiger partial charge in [0.25, 0.3) is 5.91 Å². The zero-order chi connectivity index (χ0) is 23.3. The van der Waals surface area contributed by atoms with Gasteiger partial charge in [0.2, 0.25) is 0 Å². The van der Waals surface area contributed by atoms with Gasteiger partial charge in [0.1, 0.15) is 0 Å². The van der Waals surface area contributed by atoms with Gasteiger partial charge in [-0.15, -0.1) is 0 Å². The van der Waals surface area contributed by atoms with Crippen LogP contribution in [-0.2, 0) is 13.0 Å². The Kier molecular flexibility index (Phi) is 7.69. The Bertz CT molecular complexity index is 963. The summed E-state index contributed by atoms with van der Waals surface area (Å²) in [6, 6.07) is 7.65. The molecule has 174 valence electrons. The van der Waals surface area contributed by atoms with Crippen LogP contribution in [0.25, 0.3) is 0 Å². The van der Waals surface area contributed by atoms with Crippen molar-refractivity contribution in [2.24, 2.45) is 0 Å². The Labute approximate surface area is 189 Å². The van der Waals surface area contributed by atoms with Gasteiger partial charge in [-0.25, -0.2) is 0 Å². The maximum absolute atomic E-state index is 12.7. The lowest BCUT2D eigenvalue weighted by molar-refractivity contribution is 0.0947. The fourth-order valence-corrected chi connectivity index (χ4v) is 4.04. The molecule has 32 heavy (non-hydrogen) atoms. The Hall–Kier alpha value is -3.13. The minimum atomic E-state index is -0.225. The first kappa shape index (κ1) is 23.5. The second-order valence-corrected chi connectivity index (χ2v) is 7.88. The molecule has 1 atom stereocenters. The third kappa shape index (κ3) is 5.02. The van der Waals surface area contributed by atoms with E-state index in [9.17, 15) is 4.79 Å². The predicted octanol–water partition coefficient (Wildman–Crippen LogP) is 2.87. The summed E-state index contributed by atoms with van der Waals surface area (Å²) < 4.78 is 21.4. The molecule has 3 rings (SSSR count). The van der Waals surface area contributed by atoms with Crippen LogP contribution in [-0.4, -0.2) is 58.4 Å². The van der Waals surface area contributed by atoms with Crippen molar-refractivity contribution in [3.63, 3.8) is 0 Å². The van der Waals surface area contributed by atoms with Crippen molar-refractivity contribution in [2.45, 2.75) is 32.4 Å². The number of hydrogen-bond acceptors (Lipinski definition) is 7. The van der Waals surface area contributed by atoms with Gasteiger partial charge in [-0.05, 0) is 49.1 Å². The second kappa shape index (κ2) is 10.5. The highest BCUT2D eigenvalue weighted by Crippen LogP contribution is 2.34. The van der Waals surface area contributed by atoms with Gasteiger partial charge in [-0.1, -0.05) is 0 Å². The van der Waals surface area contributed by atoms with Crippen LogP contribution in [0.15, 0.2) is 24.3 Å². The summed E-state index contributed by atoms with van der Waals surface area (Å²) in [4.78, 5) is 15.1. The van der Waals surface area contributed by atoms with E-state index >= 15 is 0 Å². The van der Waals surface area contributed by atoms with E-state index in [1.807, 2.05) is 0 Å². The van der Waals surface area contributed by atoms with Crippen molar-refractivity contribution in [1.29, 1.82) is 0 Å². The van der Waals surface area contributed by atoms with Crippen LogP contribution < -0.4 is 30.0 Å². The van der Waals surface area contributed by atoms with Gasteiger partial charge in [0.15, 0.2) is 23.0 Å². The number of benzene rings is 2. The topological polar surface area (TPSA) is 95.3 Å². The molecule has 0 bridgehead atoms. The van der Waals surface area contributed by atoms with E-state index in [4.69, 9.17) is 24.7 Å². The number of carbonyl (C=O) groups is 1. The minimum Gasteiger partial charge on any atom is -0.493 e. The third-order valence-corrected chi connectivity index (χ3v) is 6.02. The fourth-order valence-electron chi connectivity index (χ4n) is 4.04. The van der Waals surface area contributed by atoms with Crippen molar-refractivity contribution >= 4 is 11.6 Å². The van der Waals surface area contributed by atoms with Crippen LogP contribution in [0, 0.1) is 0 Å². The van der Waals surface area contributed by atoms with Crippen LogP contribution in [0.5, 0.6) is 23.0 Å². The number of hydrogen-bond donors (Lipinski definition) is 2. The molecule has 3 N–H and O–H groups in total. The number of amides is 1. The van der Waals surface area contributed by atoms with E-state index in [1.54, 1.807) is 26.4 Å². The number of nitrogen functional groups attached to an aromatic ring is 1. The largest absolute Gasteiger partial charge is 0.493 e. The second-order valence-electron chi connectivity index (χ2n) is 7.88. The summed E-state index contributed by atoms with van der Waals surface area (Å²) in [7, 11) is 6.37. The summed E-state index contributed by atoms with van der Waals surface area (Å²) in [5, 5.41) is 2.97. The van der Waals surface area contributed by atoms with Crippen LogP contribution in [0.2, 0.25) is 0 Å². The quantitative estimate of drug-likeness (QED) is 0.576. The molecule has 8 heteroatoms. The number of carbonyl (C=O) groups excluding carboxylic acids is 1. The van der Waals surface area contributed by atoms with E-state index in [2.05, 4.69) is 29.3 Å². The Morgan fingerprint density at radius 1 is 0.969 bits per heavy atom. The van der Waals surface area contributed by atoms with E-state index in [0.29, 0.717) is 35.3 Å². The van der Waals surface area contributed by atoms with Crippen LogP contribution in [0.1, 0.15) is 34.8 Å². The van der Waals surface area contributed by atoms with Gasteiger partial charge in [0, 0.05) is 37.4 Å². The molecule has 0 aromatic heterocycles. The molecule has 1 heterocycles. The normalized spacial score (nSPS) is 14.3. The van der Waals surface area contributed by atoms with Crippen molar-refractivity contribution < 1.29 is 23.7 Å². The lowest BCUT2D eigenvalue weighted by Gasteiger charge is -2.34. The van der Waals surface area contributed by atoms with Gasteiger partial charge in [0.05, 0.1) is 34.0 Å². The molecule has 2 aromatic rings. The van der Waals surface area contributed by atoms with Gasteiger partial charge < -0.3 is 30.0 Å². The summed E-state index contributed by atoms with van der Waals surface area (Å²) in [5.74, 6) is 2.26. The summed E-state index contributed by atoms with van der Waals surface area (Å²) in [6.07, 6.45) is 1.77. The minimum absolute atomic E-state index is 0.225. The highest BCUT2D eigenvalue weighted by atomic mass is 16.5. The highest BCUT2D eigenvalue weighted by Gasteiger charge is 2.23. The first-order chi connectivity index (χ1) is 15.4. The lowest BCUT2D eigenvalue weighted by atomic mass is 9.97. The predicted molar refractivity (Wildman–Crippen MR) is 124 cm³/mol. The van der Waals surface area contributed by atoms with Gasteiger partial charge in [-0.3, -0.25) is 9.69 Å². The van der Waals surface area contributed by atoms with Gasteiger partial charge in [-0.2, -0.15) is 0 Å². The number of fused-ring (bicyclic) bond motifs is 1. The average molecular weight is 444 g/mol. The van der Waals surface area contributed by atoms with E-state index in [-0.39, 0.29) is 5.91 Å². The molecule has 0 radical (unpaired) electrons. The van der Waals surface area contributed by atoms with E-state index in [0.717, 1.165) is 37.4 Å². The molecular weight excluding hydrogens is 410 g/mol. The van der Waals surface area contributed by atoms with Crippen molar-refractivity contribution in [3.8, 4) is 23.0 Å². The molecule has 2 aromatic carbocycles. The van der Waals surface area contributed by atoms with Crippen molar-refractivity contribution in [1.82, 2.24) is 10.2 Å². The number of anilines is 1. The van der Waals surface area contributed by atoms with E-state index in [1.165, 1.54) is 25.3 Å². The van der Waals surface area contributed by atoms with Crippen LogP contribution in [0.3, 0.4) is 0 Å². The standard InChI is InChI=1S/C24H33N3O5/c1-15(27-9-7-16-10-20(29-2)21(30-3)11-17(16)14-27)6-8-26-24(28)18-12-22(31-4)23(32-5)13-19(18)25/h10-13,15H,6-9,14,25H2,1-5H3,(H,26,28). The van der Waals surface area contributed by atoms with Crippen LogP contribution in [0.4, 0.5) is 5.69 Å². The Morgan fingerprint density at radius 2 is 1.53 bits per heavy atom. The molecule has 1 aliphatic rings. The first-order valence-corrected chi connectivity index (χ1v) is 10.7. The maximum atomic E-state index is 12.7. The molecule has 1 amide bonds. The number of rotatable bonds is 9. The Morgan fingerprint density at radius 3 is 2.16 bits per heavy atom. The fraction of sp³-hybridized carbons (Fsp3) is 0.458. The Balaban J connectivity index is 1.58. The SMILES string of the molecule is COc1cc(N)c(C(=O)NCCC(C)N2CCc3cc(OC)c(OC)cc3C2)cc1OC. The summed E-state index contributed by atoms with van der Waals surface area (Å²) in [5.41, 5.74) is 9.31. The molecular formula is C24H33N3O5. The summed E-state index contributed by atoms with van der Waals surface area (Å²) >= 11 is 0. The van der Waals surface area contributed by atoms with Crippen molar-refractivity contribution in [2.75, 3.05) is 47.3 Å². The molecule has 0 saturated carbocycles. The molecule has 0 fully saturated rings. The average Bonchev–Trinajstić information content (AvgIpc) is 2.82. The number of nitrogens with zero attached hydrogens (tertiary/aromatic N) is 1. The van der Waals surface area contributed by atoms with Gasteiger partial charge >= 0.3 is 0 Å². The van der Waals surface area contributed by atoms with E-state index < -0.39 is 0 Å². The molecule has 0 aliphatic carbocycles. The molecule has 8 nitrogen and oxygen atoms in total. The lowest BCUT2D eigenvalue weighted by Crippen LogP contribution is -2.39. The number of ether oxygens (including phenoxy) is 4. The van der Waals surface area contributed by atoms with Crippen LogP contribution >= 0.6 is 0 Å². The summed E-state index contributed by atoms with van der Waals surface area (Å²) in [6.45, 7) is 4.53. The highest BCUT2D eigenvalue weighted by molar-refractivity contribution is 6.00. The zero-order valence-electron chi connectivity index (χ0n) is 19.5. The smallest absolute Gasteiger partial charge is 0.253 e.